The Bertz CT molecular complexity index is 686. The van der Waals surface area contributed by atoms with E-state index in [2.05, 4.69) is 46.4 Å². The maximum absolute atomic E-state index is 11.1. The Kier molecular flexibility index (Phi) is 7.37. The van der Waals surface area contributed by atoms with Gasteiger partial charge in [-0.05, 0) is 60.8 Å². The third-order valence-corrected chi connectivity index (χ3v) is 8.40. The van der Waals surface area contributed by atoms with E-state index in [4.69, 9.17) is 0 Å². The molecular weight excluding hydrogens is 372 g/mol. The van der Waals surface area contributed by atoms with Crippen LogP contribution in [0.5, 0.6) is 0 Å². The van der Waals surface area contributed by atoms with E-state index in [0.717, 1.165) is 29.9 Å². The normalized spacial score (nSPS) is 37.7. The summed E-state index contributed by atoms with van der Waals surface area (Å²) >= 11 is 0. The van der Waals surface area contributed by atoms with Gasteiger partial charge in [-0.15, -0.1) is 0 Å². The summed E-state index contributed by atoms with van der Waals surface area (Å²) in [6, 6.07) is 0. The summed E-state index contributed by atoms with van der Waals surface area (Å²) < 4.78 is 0. The molecule has 5 atom stereocenters. The predicted octanol–water partition coefficient (Wildman–Crippen LogP) is 5.91. The lowest BCUT2D eigenvalue weighted by molar-refractivity contribution is -0.166. The minimum atomic E-state index is -1.62. The molecule has 3 fully saturated rings. The first-order chi connectivity index (χ1) is 14.0. The zero-order valence-electron chi connectivity index (χ0n) is 19.7. The molecule has 30 heavy (non-hydrogen) atoms. The van der Waals surface area contributed by atoms with Gasteiger partial charge in [-0.1, -0.05) is 76.8 Å². The first kappa shape index (κ1) is 23.8. The van der Waals surface area contributed by atoms with Crippen molar-refractivity contribution in [2.24, 2.45) is 29.1 Å². The second-order valence-electron chi connectivity index (χ2n) is 11.2. The lowest BCUT2D eigenvalue weighted by Crippen LogP contribution is -2.38. The highest BCUT2D eigenvalue weighted by molar-refractivity contribution is 5.37. The van der Waals surface area contributed by atoms with Gasteiger partial charge in [-0.2, -0.15) is 0 Å². The van der Waals surface area contributed by atoms with Crippen LogP contribution >= 0.6 is 0 Å². The van der Waals surface area contributed by atoms with E-state index in [1.54, 1.807) is 0 Å². The van der Waals surface area contributed by atoms with Crippen LogP contribution < -0.4 is 0 Å². The van der Waals surface area contributed by atoms with Crippen LogP contribution in [0.2, 0.25) is 0 Å². The van der Waals surface area contributed by atoms with Crippen molar-refractivity contribution in [3.63, 3.8) is 0 Å². The molecule has 0 radical (unpaired) electrons. The smallest absolute Gasteiger partial charge is 0.166 e. The van der Waals surface area contributed by atoms with E-state index in [-0.39, 0.29) is 23.9 Å². The molecule has 0 bridgehead atoms. The highest BCUT2D eigenvalue weighted by Crippen LogP contribution is 2.60. The Labute approximate surface area is 184 Å². The van der Waals surface area contributed by atoms with Crippen molar-refractivity contribution in [1.29, 1.82) is 0 Å². The minimum absolute atomic E-state index is 0.167. The van der Waals surface area contributed by atoms with Crippen LogP contribution in [0.1, 0.15) is 91.9 Å². The van der Waals surface area contributed by atoms with E-state index >= 15 is 0 Å². The Hall–Kier alpha value is -0.900. The van der Waals surface area contributed by atoms with Crippen LogP contribution in [-0.2, 0) is 0 Å². The van der Waals surface area contributed by atoms with Crippen molar-refractivity contribution < 1.29 is 15.3 Å². The van der Waals surface area contributed by atoms with Gasteiger partial charge in [0.1, 0.15) is 0 Å². The zero-order valence-corrected chi connectivity index (χ0v) is 19.7. The first-order valence-corrected chi connectivity index (χ1v) is 12.2. The lowest BCUT2D eigenvalue weighted by Gasteiger charge is -2.44. The van der Waals surface area contributed by atoms with Crippen LogP contribution in [0.4, 0.5) is 0 Å². The molecule has 0 aromatic heterocycles. The fraction of sp³-hybridized carbons (Fsp3) is 0.778. The highest BCUT2D eigenvalue weighted by Gasteiger charge is 2.54. The quantitative estimate of drug-likeness (QED) is 0.472. The van der Waals surface area contributed by atoms with E-state index < -0.39 is 5.79 Å². The van der Waals surface area contributed by atoms with Gasteiger partial charge in [0.2, 0.25) is 0 Å². The zero-order chi connectivity index (χ0) is 22.1. The van der Waals surface area contributed by atoms with Crippen molar-refractivity contribution >= 4 is 0 Å². The van der Waals surface area contributed by atoms with Crippen molar-refractivity contribution in [2.45, 2.75) is 104 Å². The fourth-order valence-corrected chi connectivity index (χ4v) is 6.71. The summed E-state index contributed by atoms with van der Waals surface area (Å²) in [6.45, 7) is 13.5. The van der Waals surface area contributed by atoms with Gasteiger partial charge in [0.05, 0.1) is 6.10 Å². The van der Waals surface area contributed by atoms with E-state index in [9.17, 15) is 15.3 Å². The monoisotopic (exact) mass is 416 g/mol. The third-order valence-electron chi connectivity index (χ3n) is 8.40. The van der Waals surface area contributed by atoms with Crippen LogP contribution in [0, 0.1) is 29.1 Å². The number of allylic oxidation sites excluding steroid dienone is 3. The van der Waals surface area contributed by atoms with Gasteiger partial charge < -0.3 is 15.3 Å². The SMILES string of the molecule is C=C1CCC(O)(O)C/C1=C/C=C1\CCC[C@@]2(C)[C@H]1C(O)C[C@@H]2[C@H](C)CCCC(C)C. The van der Waals surface area contributed by atoms with Gasteiger partial charge in [-0.25, -0.2) is 0 Å². The maximum atomic E-state index is 11.1. The summed E-state index contributed by atoms with van der Waals surface area (Å²) in [6.07, 6.45) is 13.4. The predicted molar refractivity (Wildman–Crippen MR) is 124 cm³/mol. The molecule has 170 valence electrons. The maximum Gasteiger partial charge on any atom is 0.166 e. The van der Waals surface area contributed by atoms with E-state index in [0.29, 0.717) is 24.7 Å². The van der Waals surface area contributed by atoms with E-state index in [1.807, 2.05) is 0 Å². The molecule has 0 heterocycles. The Balaban J connectivity index is 1.77. The van der Waals surface area contributed by atoms with Crippen LogP contribution in [0.25, 0.3) is 0 Å². The molecule has 3 N–H and O–H groups in total. The van der Waals surface area contributed by atoms with Crippen molar-refractivity contribution in [3.05, 3.63) is 35.5 Å². The number of rotatable bonds is 6. The Morgan fingerprint density at radius 1 is 1.10 bits per heavy atom. The molecule has 3 aliphatic rings. The number of aliphatic hydroxyl groups is 3. The molecule has 0 saturated heterocycles. The van der Waals surface area contributed by atoms with Crippen LogP contribution in [0.15, 0.2) is 35.5 Å². The number of hydrogen-bond donors (Lipinski definition) is 3. The van der Waals surface area contributed by atoms with Crippen molar-refractivity contribution in [3.8, 4) is 0 Å². The number of aliphatic hydroxyl groups excluding tert-OH is 1. The van der Waals surface area contributed by atoms with Gasteiger partial charge in [0.15, 0.2) is 5.79 Å². The average molecular weight is 417 g/mol. The molecule has 3 nitrogen and oxygen atoms in total. The molecule has 1 unspecified atom stereocenters. The second-order valence-corrected chi connectivity index (χ2v) is 11.2. The minimum Gasteiger partial charge on any atom is -0.392 e. The van der Waals surface area contributed by atoms with Crippen LogP contribution in [-0.4, -0.2) is 27.2 Å². The molecule has 3 saturated carbocycles. The van der Waals surface area contributed by atoms with Crippen LogP contribution in [0.3, 0.4) is 0 Å². The first-order valence-electron chi connectivity index (χ1n) is 12.2. The van der Waals surface area contributed by atoms with Gasteiger partial charge in [0.25, 0.3) is 0 Å². The second kappa shape index (κ2) is 9.30. The molecule has 0 aliphatic heterocycles. The lowest BCUT2D eigenvalue weighted by atomic mass is 9.60. The average Bonchev–Trinajstić information content (AvgIpc) is 2.93. The number of hydrogen-bond acceptors (Lipinski definition) is 3. The van der Waals surface area contributed by atoms with E-state index in [1.165, 1.54) is 37.7 Å². The third kappa shape index (κ3) is 5.11. The molecule has 3 aliphatic carbocycles. The molecule has 3 rings (SSSR count). The summed E-state index contributed by atoms with van der Waals surface area (Å²) in [4.78, 5) is 0. The summed E-state index contributed by atoms with van der Waals surface area (Å²) in [5, 5.41) is 31.2. The standard InChI is InChI=1S/C27H44O3/c1-18(2)8-6-9-20(4)23-16-24(28)25-21(10-7-14-26(23,25)5)11-12-22-17-27(29,30)15-13-19(22)3/h11-12,18,20,23-25,28-30H,3,6-10,13-17H2,1-2,4-5H3/b21-11+,22-12-/t20-,23-,24?,25-,26-/m1/s1. The van der Waals surface area contributed by atoms with Gasteiger partial charge in [0, 0.05) is 18.8 Å². The molecular formula is C27H44O3. The Morgan fingerprint density at radius 2 is 1.83 bits per heavy atom. The van der Waals surface area contributed by atoms with Gasteiger partial charge >= 0.3 is 0 Å². The Morgan fingerprint density at radius 3 is 2.53 bits per heavy atom. The summed E-state index contributed by atoms with van der Waals surface area (Å²) in [5.74, 6) is 0.598. The molecule has 0 amide bonds. The largest absolute Gasteiger partial charge is 0.392 e. The van der Waals surface area contributed by atoms with Gasteiger partial charge in [-0.3, -0.25) is 0 Å². The highest BCUT2D eigenvalue weighted by atomic mass is 16.5. The molecule has 0 aromatic rings. The number of fused-ring (bicyclic) bond motifs is 1. The summed E-state index contributed by atoms with van der Waals surface area (Å²) in [7, 11) is 0. The molecule has 0 aromatic carbocycles. The molecule has 0 spiro atoms. The molecule has 3 heteroatoms. The van der Waals surface area contributed by atoms with Crippen molar-refractivity contribution in [2.75, 3.05) is 0 Å². The topological polar surface area (TPSA) is 60.7 Å². The fourth-order valence-electron chi connectivity index (χ4n) is 6.71. The summed E-state index contributed by atoms with van der Waals surface area (Å²) in [5.41, 5.74) is 3.46. The van der Waals surface area contributed by atoms with Crippen molar-refractivity contribution in [1.82, 2.24) is 0 Å².